The molecule has 2 heterocycles. The number of nitrogens with zero attached hydrogens (tertiary/aromatic N) is 4. The van der Waals surface area contributed by atoms with Crippen molar-refractivity contribution >= 4 is 0 Å². The van der Waals surface area contributed by atoms with E-state index in [0.717, 1.165) is 0 Å². The molecule has 0 spiro atoms. The molecular weight excluding hydrogens is 160 g/mol. The monoisotopic (exact) mass is 166 g/mol. The lowest BCUT2D eigenvalue weighted by Crippen LogP contribution is -1.95. The molecule has 2 aromatic rings. The smallest absolute Gasteiger partial charge is 0.395 e. The predicted octanol–water partition coefficient (Wildman–Crippen LogP) is 0.264. The number of hydrogen-bond acceptors (Lipinski definition) is 5. The first kappa shape index (κ1) is 6.84. The second-order valence-corrected chi connectivity index (χ2v) is 1.99. The molecule has 0 atom stereocenters. The predicted molar refractivity (Wildman–Crippen MR) is 38.0 cm³/mol. The molecule has 0 bridgehead atoms. The van der Waals surface area contributed by atoms with Crippen LogP contribution in [-0.4, -0.2) is 27.1 Å². The Labute approximate surface area is 67.8 Å². The van der Waals surface area contributed by atoms with Crippen molar-refractivity contribution < 1.29 is 9.15 Å². The Morgan fingerprint density at radius 1 is 1.42 bits per heavy atom. The van der Waals surface area contributed by atoms with Gasteiger partial charge in [-0.3, -0.25) is 0 Å². The Morgan fingerprint density at radius 2 is 2.17 bits per heavy atom. The SMILES string of the molecule is COc1ncc(-n2nccn2)o1. The van der Waals surface area contributed by atoms with E-state index in [9.17, 15) is 0 Å². The second kappa shape index (κ2) is 2.65. The molecule has 6 heteroatoms. The Morgan fingerprint density at radius 3 is 2.75 bits per heavy atom. The van der Waals surface area contributed by atoms with E-state index in [1.54, 1.807) is 12.4 Å². The van der Waals surface area contributed by atoms with Gasteiger partial charge in [0.15, 0.2) is 0 Å². The number of aromatic nitrogens is 4. The van der Waals surface area contributed by atoms with Crippen LogP contribution in [0.15, 0.2) is 23.0 Å². The van der Waals surface area contributed by atoms with Gasteiger partial charge in [0.25, 0.3) is 5.88 Å². The van der Waals surface area contributed by atoms with Crippen LogP contribution in [0.3, 0.4) is 0 Å². The Balaban J connectivity index is 2.35. The topological polar surface area (TPSA) is 66.0 Å². The fourth-order valence-corrected chi connectivity index (χ4v) is 0.766. The molecule has 0 aliphatic carbocycles. The highest BCUT2D eigenvalue weighted by atomic mass is 16.6. The van der Waals surface area contributed by atoms with Crippen molar-refractivity contribution in [2.45, 2.75) is 0 Å². The molecule has 0 unspecified atom stereocenters. The number of ether oxygens (including phenoxy) is 1. The van der Waals surface area contributed by atoms with Gasteiger partial charge in [-0.05, 0) is 0 Å². The summed E-state index contributed by atoms with van der Waals surface area (Å²) < 4.78 is 9.83. The highest BCUT2D eigenvalue weighted by Crippen LogP contribution is 2.12. The first-order chi connectivity index (χ1) is 5.90. The molecule has 0 radical (unpaired) electrons. The largest absolute Gasteiger partial charge is 0.453 e. The van der Waals surface area contributed by atoms with Gasteiger partial charge in [-0.15, -0.1) is 4.80 Å². The summed E-state index contributed by atoms with van der Waals surface area (Å²) in [6, 6.07) is 0. The third-order valence-corrected chi connectivity index (χ3v) is 1.26. The first-order valence-corrected chi connectivity index (χ1v) is 3.26. The highest BCUT2D eigenvalue weighted by molar-refractivity contribution is 5.11. The van der Waals surface area contributed by atoms with Gasteiger partial charge in [0, 0.05) is 0 Å². The van der Waals surface area contributed by atoms with Crippen molar-refractivity contribution in [1.29, 1.82) is 0 Å². The molecule has 12 heavy (non-hydrogen) atoms. The van der Waals surface area contributed by atoms with Crippen molar-refractivity contribution in [1.82, 2.24) is 20.0 Å². The molecule has 0 fully saturated rings. The van der Waals surface area contributed by atoms with E-state index in [0.29, 0.717) is 5.88 Å². The van der Waals surface area contributed by atoms with Crippen molar-refractivity contribution in [2.24, 2.45) is 0 Å². The lowest BCUT2D eigenvalue weighted by atomic mass is 10.8. The van der Waals surface area contributed by atoms with E-state index in [-0.39, 0.29) is 6.08 Å². The summed E-state index contributed by atoms with van der Waals surface area (Å²) in [5.74, 6) is 0.428. The zero-order valence-electron chi connectivity index (χ0n) is 6.34. The highest BCUT2D eigenvalue weighted by Gasteiger charge is 2.05. The van der Waals surface area contributed by atoms with Gasteiger partial charge < -0.3 is 9.15 Å². The normalized spacial score (nSPS) is 10.1. The van der Waals surface area contributed by atoms with Gasteiger partial charge in [0.2, 0.25) is 0 Å². The minimum absolute atomic E-state index is 0.197. The van der Waals surface area contributed by atoms with Crippen LogP contribution in [0.25, 0.3) is 5.88 Å². The van der Waals surface area contributed by atoms with E-state index >= 15 is 0 Å². The molecule has 0 aromatic carbocycles. The fourth-order valence-electron chi connectivity index (χ4n) is 0.766. The summed E-state index contributed by atoms with van der Waals surface area (Å²) in [5, 5.41) is 7.70. The summed E-state index contributed by atoms with van der Waals surface area (Å²) >= 11 is 0. The number of hydrogen-bond donors (Lipinski definition) is 0. The molecule has 0 aliphatic heterocycles. The zero-order valence-corrected chi connectivity index (χ0v) is 6.34. The van der Waals surface area contributed by atoms with Gasteiger partial charge in [-0.25, -0.2) is 0 Å². The molecule has 2 aromatic heterocycles. The number of methoxy groups -OCH3 is 1. The second-order valence-electron chi connectivity index (χ2n) is 1.99. The van der Waals surface area contributed by atoms with Crippen LogP contribution in [0.1, 0.15) is 0 Å². The van der Waals surface area contributed by atoms with Crippen LogP contribution in [0.5, 0.6) is 6.08 Å². The number of oxazole rings is 1. The maximum atomic E-state index is 5.08. The molecule has 0 saturated carbocycles. The quantitative estimate of drug-likeness (QED) is 0.640. The Hall–Kier alpha value is -1.85. The van der Waals surface area contributed by atoms with E-state index in [4.69, 9.17) is 9.15 Å². The van der Waals surface area contributed by atoms with E-state index in [1.807, 2.05) is 0 Å². The first-order valence-electron chi connectivity index (χ1n) is 3.26. The van der Waals surface area contributed by atoms with Crippen molar-refractivity contribution in [2.75, 3.05) is 7.11 Å². The number of rotatable bonds is 2. The van der Waals surface area contributed by atoms with Crippen LogP contribution >= 0.6 is 0 Å². The van der Waals surface area contributed by atoms with E-state index < -0.39 is 0 Å². The summed E-state index contributed by atoms with van der Waals surface area (Å²) in [6.07, 6.45) is 4.78. The van der Waals surface area contributed by atoms with Gasteiger partial charge in [0.1, 0.15) is 0 Å². The van der Waals surface area contributed by atoms with Gasteiger partial charge in [-0.1, -0.05) is 0 Å². The third-order valence-electron chi connectivity index (χ3n) is 1.26. The minimum atomic E-state index is 0.197. The Kier molecular flexibility index (Phi) is 1.51. The summed E-state index contributed by atoms with van der Waals surface area (Å²) in [6.45, 7) is 0. The molecule has 0 saturated heterocycles. The van der Waals surface area contributed by atoms with E-state index in [2.05, 4.69) is 15.2 Å². The van der Waals surface area contributed by atoms with Crippen LogP contribution in [-0.2, 0) is 0 Å². The van der Waals surface area contributed by atoms with E-state index in [1.165, 1.54) is 18.1 Å². The maximum absolute atomic E-state index is 5.08. The molecule has 6 nitrogen and oxygen atoms in total. The average Bonchev–Trinajstić information content (AvgIpc) is 2.75. The molecule has 0 N–H and O–H groups in total. The van der Waals surface area contributed by atoms with Crippen molar-refractivity contribution in [3.8, 4) is 12.0 Å². The van der Waals surface area contributed by atoms with Crippen LogP contribution in [0.4, 0.5) is 0 Å². The summed E-state index contributed by atoms with van der Waals surface area (Å²) in [4.78, 5) is 5.12. The lowest BCUT2D eigenvalue weighted by molar-refractivity contribution is 0.284. The standard InChI is InChI=1S/C6H6N4O2/c1-11-6-7-4-5(12-6)10-8-2-3-9-10/h2-4H,1H3. The summed E-state index contributed by atoms with van der Waals surface area (Å²) in [7, 11) is 1.48. The molecule has 62 valence electrons. The summed E-state index contributed by atoms with van der Waals surface area (Å²) in [5.41, 5.74) is 0. The van der Waals surface area contributed by atoms with Gasteiger partial charge in [0.05, 0.1) is 25.7 Å². The maximum Gasteiger partial charge on any atom is 0.395 e. The van der Waals surface area contributed by atoms with Crippen molar-refractivity contribution in [3.63, 3.8) is 0 Å². The van der Waals surface area contributed by atoms with Crippen molar-refractivity contribution in [3.05, 3.63) is 18.6 Å². The fraction of sp³-hybridized carbons (Fsp3) is 0.167. The van der Waals surface area contributed by atoms with Crippen LogP contribution < -0.4 is 4.74 Å². The van der Waals surface area contributed by atoms with Crippen LogP contribution in [0, 0.1) is 0 Å². The van der Waals surface area contributed by atoms with Gasteiger partial charge in [-0.2, -0.15) is 15.2 Å². The molecule has 0 aliphatic rings. The zero-order chi connectivity index (χ0) is 8.39. The third kappa shape index (κ3) is 1.03. The van der Waals surface area contributed by atoms with Gasteiger partial charge >= 0.3 is 6.08 Å². The average molecular weight is 166 g/mol. The molecule has 2 rings (SSSR count). The lowest BCUT2D eigenvalue weighted by Gasteiger charge is -1.90. The van der Waals surface area contributed by atoms with Crippen LogP contribution in [0.2, 0.25) is 0 Å². The minimum Gasteiger partial charge on any atom is -0.453 e. The molecule has 0 amide bonds. The molecular formula is C6H6N4O2. The Bertz CT molecular complexity index is 353.